The first-order chi connectivity index (χ1) is 12.5. The van der Waals surface area contributed by atoms with E-state index < -0.39 is 0 Å². The number of hydrogen-bond donors (Lipinski definition) is 0. The van der Waals surface area contributed by atoms with Gasteiger partial charge in [0.1, 0.15) is 5.75 Å². The van der Waals surface area contributed by atoms with Crippen molar-refractivity contribution in [2.75, 3.05) is 0 Å². The Morgan fingerprint density at radius 1 is 1.23 bits per heavy atom. The Morgan fingerprint density at radius 3 is 2.77 bits per heavy atom. The normalized spacial score (nSPS) is 30.0. The molecule has 0 saturated heterocycles. The molecule has 3 aliphatic rings. The van der Waals surface area contributed by atoms with Gasteiger partial charge in [0, 0.05) is 34.2 Å². The Labute approximate surface area is 167 Å². The maximum Gasteiger partial charge on any atom is 0.198 e. The molecule has 26 heavy (non-hydrogen) atoms. The molecule has 0 radical (unpaired) electrons. The molecule has 1 atom stereocenters. The molecule has 1 fully saturated rings. The van der Waals surface area contributed by atoms with Crippen LogP contribution in [0.2, 0.25) is 0 Å². The smallest absolute Gasteiger partial charge is 0.198 e. The molecular formula is C21H23BrN2OS. The van der Waals surface area contributed by atoms with Gasteiger partial charge in [0.2, 0.25) is 0 Å². The van der Waals surface area contributed by atoms with E-state index in [1.165, 1.54) is 33.9 Å². The minimum atomic E-state index is -0.272. The van der Waals surface area contributed by atoms with Crippen molar-refractivity contribution < 1.29 is 4.74 Å². The van der Waals surface area contributed by atoms with Gasteiger partial charge in [-0.25, -0.2) is 5.01 Å². The Hall–Kier alpha value is -1.33. The fourth-order valence-electron chi connectivity index (χ4n) is 4.53. The number of thiophene rings is 1. The third kappa shape index (κ3) is 2.63. The fourth-order valence-corrected chi connectivity index (χ4v) is 5.77. The highest BCUT2D eigenvalue weighted by Crippen LogP contribution is 2.52. The summed E-state index contributed by atoms with van der Waals surface area (Å²) in [5.74, 6) is 1.82. The predicted octanol–water partition coefficient (Wildman–Crippen LogP) is 6.27. The zero-order valence-electron chi connectivity index (χ0n) is 15.2. The molecule has 5 heteroatoms. The summed E-state index contributed by atoms with van der Waals surface area (Å²) in [6, 6.07) is 11.1. The molecule has 3 nitrogen and oxygen atoms in total. The first-order valence-corrected chi connectivity index (χ1v) is 11.1. The highest BCUT2D eigenvalue weighted by molar-refractivity contribution is 9.10. The van der Waals surface area contributed by atoms with Gasteiger partial charge in [-0.05, 0) is 56.0 Å². The molecule has 3 heterocycles. The van der Waals surface area contributed by atoms with E-state index in [-0.39, 0.29) is 11.8 Å². The van der Waals surface area contributed by atoms with Gasteiger partial charge < -0.3 is 4.74 Å². The molecule has 0 N–H and O–H groups in total. The van der Waals surface area contributed by atoms with E-state index in [9.17, 15) is 0 Å². The van der Waals surface area contributed by atoms with Crippen LogP contribution in [0.5, 0.6) is 5.75 Å². The highest BCUT2D eigenvalue weighted by atomic mass is 79.9. The van der Waals surface area contributed by atoms with Gasteiger partial charge >= 0.3 is 0 Å². The van der Waals surface area contributed by atoms with E-state index in [1.807, 2.05) is 11.3 Å². The van der Waals surface area contributed by atoms with Crippen molar-refractivity contribution in [2.45, 2.75) is 57.7 Å². The van der Waals surface area contributed by atoms with Gasteiger partial charge in [0.05, 0.1) is 16.6 Å². The number of hydrazone groups is 1. The molecule has 136 valence electrons. The quantitative estimate of drug-likeness (QED) is 0.532. The lowest BCUT2D eigenvalue weighted by molar-refractivity contribution is -0.145. The minimum absolute atomic E-state index is 0.272. The zero-order valence-corrected chi connectivity index (χ0v) is 17.6. The Bertz CT molecular complexity index is 882. The summed E-state index contributed by atoms with van der Waals surface area (Å²) in [6.45, 7) is 4.52. The maximum atomic E-state index is 6.67. The summed E-state index contributed by atoms with van der Waals surface area (Å²) in [4.78, 5) is 2.64. The van der Waals surface area contributed by atoms with Crippen molar-refractivity contribution in [1.82, 2.24) is 5.01 Å². The summed E-state index contributed by atoms with van der Waals surface area (Å²) in [5, 5.41) is 7.46. The van der Waals surface area contributed by atoms with Gasteiger partial charge in [-0.15, -0.1) is 11.3 Å². The van der Waals surface area contributed by atoms with E-state index in [1.54, 1.807) is 0 Å². The number of nitrogens with zero attached hydrogens (tertiary/aromatic N) is 2. The third-order valence-electron chi connectivity index (χ3n) is 6.04. The van der Waals surface area contributed by atoms with E-state index in [0.717, 1.165) is 35.4 Å². The van der Waals surface area contributed by atoms with Crippen LogP contribution in [0.1, 0.15) is 60.4 Å². The Kier molecular flexibility index (Phi) is 3.94. The number of aryl methyl sites for hydroxylation is 1. The molecule has 1 unspecified atom stereocenters. The van der Waals surface area contributed by atoms with Crippen molar-refractivity contribution in [3.8, 4) is 5.75 Å². The number of halogens is 1. The molecule has 1 aromatic heterocycles. The van der Waals surface area contributed by atoms with Crippen molar-refractivity contribution in [2.24, 2.45) is 11.0 Å². The Balaban J connectivity index is 1.59. The second kappa shape index (κ2) is 6.10. The van der Waals surface area contributed by atoms with Gasteiger partial charge in [0.15, 0.2) is 5.72 Å². The largest absolute Gasteiger partial charge is 0.466 e. The molecule has 2 aromatic rings. The molecule has 1 aromatic carbocycles. The summed E-state index contributed by atoms with van der Waals surface area (Å²) in [5.41, 5.74) is 2.20. The monoisotopic (exact) mass is 430 g/mol. The second-order valence-electron chi connectivity index (χ2n) is 7.93. The van der Waals surface area contributed by atoms with Crippen molar-refractivity contribution in [1.29, 1.82) is 0 Å². The van der Waals surface area contributed by atoms with Crippen molar-refractivity contribution in [3.05, 3.63) is 50.1 Å². The number of hydrogen-bond acceptors (Lipinski definition) is 4. The van der Waals surface area contributed by atoms with E-state index in [2.05, 4.69) is 65.1 Å². The number of ether oxygens (including phenoxy) is 1. The van der Waals surface area contributed by atoms with E-state index in [0.29, 0.717) is 0 Å². The predicted molar refractivity (Wildman–Crippen MR) is 110 cm³/mol. The van der Waals surface area contributed by atoms with Crippen LogP contribution in [-0.2, 0) is 0 Å². The SMILES string of the molecule is Cc1ccc(C2=NN3C(C2)c2cc(Br)ccc2OC32CCC(C)CC2)s1. The van der Waals surface area contributed by atoms with E-state index >= 15 is 0 Å². The molecule has 0 bridgehead atoms. The van der Waals surface area contributed by atoms with Crippen LogP contribution in [0.15, 0.2) is 39.9 Å². The first-order valence-electron chi connectivity index (χ1n) is 9.46. The molecule has 2 aliphatic heterocycles. The molecule has 5 rings (SSSR count). The summed E-state index contributed by atoms with van der Waals surface area (Å²) in [6.07, 6.45) is 5.49. The highest BCUT2D eigenvalue weighted by Gasteiger charge is 2.51. The van der Waals surface area contributed by atoms with Gasteiger partial charge in [0.25, 0.3) is 0 Å². The summed E-state index contributed by atoms with van der Waals surface area (Å²) < 4.78 is 7.77. The number of fused-ring (bicyclic) bond motifs is 4. The first kappa shape index (κ1) is 16.8. The molecular weight excluding hydrogens is 408 g/mol. The standard InChI is InChI=1S/C21H23BrN2OS/c1-13-7-9-21(10-8-13)24-18(16-11-15(22)4-5-19(16)25-21)12-17(23-24)20-6-3-14(2)26-20/h3-6,11,13,18H,7-10,12H2,1-2H3. The average Bonchev–Trinajstić information content (AvgIpc) is 3.25. The second-order valence-corrected chi connectivity index (χ2v) is 10.1. The van der Waals surface area contributed by atoms with Crippen LogP contribution >= 0.6 is 27.3 Å². The van der Waals surface area contributed by atoms with Gasteiger partial charge in [-0.2, -0.15) is 5.10 Å². The maximum absolute atomic E-state index is 6.67. The number of rotatable bonds is 1. The van der Waals surface area contributed by atoms with Crippen LogP contribution in [0.25, 0.3) is 0 Å². The van der Waals surface area contributed by atoms with Crippen LogP contribution in [0, 0.1) is 12.8 Å². The molecule has 1 spiro atoms. The van der Waals surface area contributed by atoms with Crippen LogP contribution in [0.3, 0.4) is 0 Å². The van der Waals surface area contributed by atoms with Crippen molar-refractivity contribution in [3.63, 3.8) is 0 Å². The van der Waals surface area contributed by atoms with Crippen LogP contribution in [0.4, 0.5) is 0 Å². The summed E-state index contributed by atoms with van der Waals surface area (Å²) in [7, 11) is 0. The molecule has 0 amide bonds. The minimum Gasteiger partial charge on any atom is -0.466 e. The lowest BCUT2D eigenvalue weighted by atomic mass is 9.82. The molecule has 1 aliphatic carbocycles. The fraction of sp³-hybridized carbons (Fsp3) is 0.476. The summed E-state index contributed by atoms with van der Waals surface area (Å²) >= 11 is 5.48. The van der Waals surface area contributed by atoms with Gasteiger partial charge in [-0.3, -0.25) is 0 Å². The lowest BCUT2D eigenvalue weighted by Crippen LogP contribution is -2.55. The zero-order chi connectivity index (χ0) is 17.9. The topological polar surface area (TPSA) is 24.8 Å². The Morgan fingerprint density at radius 2 is 2.04 bits per heavy atom. The van der Waals surface area contributed by atoms with Crippen LogP contribution in [-0.4, -0.2) is 16.4 Å². The van der Waals surface area contributed by atoms with Crippen LogP contribution < -0.4 is 4.74 Å². The average molecular weight is 431 g/mol. The lowest BCUT2D eigenvalue weighted by Gasteiger charge is -2.50. The van der Waals surface area contributed by atoms with Gasteiger partial charge in [-0.1, -0.05) is 22.9 Å². The number of benzene rings is 1. The van der Waals surface area contributed by atoms with Crippen molar-refractivity contribution >= 4 is 33.0 Å². The van der Waals surface area contributed by atoms with E-state index in [4.69, 9.17) is 9.84 Å². The molecule has 1 saturated carbocycles. The third-order valence-corrected chi connectivity index (χ3v) is 7.58.